The Morgan fingerprint density at radius 2 is 1.67 bits per heavy atom. The van der Waals surface area contributed by atoms with Crippen LogP contribution < -0.4 is 4.74 Å². The maximum atomic E-state index is 14.7. The van der Waals surface area contributed by atoms with Crippen molar-refractivity contribution in [2.24, 2.45) is 5.92 Å². The van der Waals surface area contributed by atoms with Crippen LogP contribution in [-0.4, -0.2) is 6.61 Å². The molecule has 0 spiro atoms. The van der Waals surface area contributed by atoms with E-state index in [9.17, 15) is 8.78 Å². The minimum atomic E-state index is -0.544. The lowest BCUT2D eigenvalue weighted by molar-refractivity contribution is 0.184. The topological polar surface area (TPSA) is 9.23 Å². The second-order valence-electron chi connectivity index (χ2n) is 7.09. The van der Waals surface area contributed by atoms with Crippen molar-refractivity contribution >= 4 is 11.3 Å². The van der Waals surface area contributed by atoms with E-state index in [4.69, 9.17) is 4.74 Å². The van der Waals surface area contributed by atoms with E-state index >= 15 is 0 Å². The molecule has 3 aromatic rings. The molecule has 2 aromatic carbocycles. The number of thiophene rings is 1. The molecule has 0 bridgehead atoms. The van der Waals surface area contributed by atoms with Gasteiger partial charge in [-0.15, -0.1) is 0 Å². The molecule has 0 saturated heterocycles. The van der Waals surface area contributed by atoms with E-state index < -0.39 is 11.6 Å². The molecule has 140 valence electrons. The van der Waals surface area contributed by atoms with Crippen LogP contribution >= 0.6 is 11.3 Å². The minimum Gasteiger partial charge on any atom is -0.484 e. The summed E-state index contributed by atoms with van der Waals surface area (Å²) in [6, 6.07) is 14.2. The number of hydrogen-bond acceptors (Lipinski definition) is 2. The first-order valence-corrected chi connectivity index (χ1v) is 10.3. The lowest BCUT2D eigenvalue weighted by atomic mass is 9.86. The van der Waals surface area contributed by atoms with Gasteiger partial charge in [-0.05, 0) is 66.1 Å². The van der Waals surface area contributed by atoms with Crippen LogP contribution in [0.15, 0.2) is 48.5 Å². The second-order valence-corrected chi connectivity index (χ2v) is 8.14. The van der Waals surface area contributed by atoms with Gasteiger partial charge in [-0.2, -0.15) is 0 Å². The van der Waals surface area contributed by atoms with Crippen molar-refractivity contribution in [1.82, 2.24) is 0 Å². The van der Waals surface area contributed by atoms with Gasteiger partial charge in [0, 0.05) is 4.88 Å². The number of rotatable bonds is 6. The van der Waals surface area contributed by atoms with Gasteiger partial charge in [0.25, 0.3) is 0 Å². The highest BCUT2D eigenvalue weighted by molar-refractivity contribution is 7.17. The molecule has 1 fully saturated rings. The average Bonchev–Trinajstić information content (AvgIpc) is 3.08. The third-order valence-corrected chi connectivity index (χ3v) is 6.27. The van der Waals surface area contributed by atoms with Gasteiger partial charge in [-0.25, -0.2) is 8.78 Å². The molecule has 1 aliphatic rings. The van der Waals surface area contributed by atoms with E-state index in [1.165, 1.54) is 48.3 Å². The van der Waals surface area contributed by atoms with Crippen LogP contribution in [0.5, 0.6) is 5.06 Å². The summed E-state index contributed by atoms with van der Waals surface area (Å²) >= 11 is 1.30. The quantitative estimate of drug-likeness (QED) is 0.440. The SMILES string of the molecule is CCc1ccc(-c2cc(F)c(-c3ccc(OCC4CCC4)s3)c(F)c2)cc1. The van der Waals surface area contributed by atoms with E-state index in [2.05, 4.69) is 6.92 Å². The van der Waals surface area contributed by atoms with Crippen molar-refractivity contribution < 1.29 is 13.5 Å². The summed E-state index contributed by atoms with van der Waals surface area (Å²) in [4.78, 5) is 0.557. The van der Waals surface area contributed by atoms with Gasteiger partial charge in [0.05, 0.1) is 12.2 Å². The van der Waals surface area contributed by atoms with Gasteiger partial charge < -0.3 is 4.74 Å². The Hall–Kier alpha value is -2.20. The molecule has 4 heteroatoms. The molecule has 27 heavy (non-hydrogen) atoms. The van der Waals surface area contributed by atoms with E-state index in [1.54, 1.807) is 12.1 Å². The third kappa shape index (κ3) is 3.91. The zero-order chi connectivity index (χ0) is 18.8. The Morgan fingerprint density at radius 3 is 2.26 bits per heavy atom. The molecule has 1 nitrogen and oxygen atoms in total. The van der Waals surface area contributed by atoms with Gasteiger partial charge in [0.2, 0.25) is 0 Å². The summed E-state index contributed by atoms with van der Waals surface area (Å²) in [6.45, 7) is 2.77. The van der Waals surface area contributed by atoms with E-state index in [1.807, 2.05) is 24.3 Å². The lowest BCUT2D eigenvalue weighted by Crippen LogP contribution is -2.18. The van der Waals surface area contributed by atoms with Crippen LogP contribution in [0.3, 0.4) is 0 Å². The summed E-state index contributed by atoms with van der Waals surface area (Å²) in [6.07, 6.45) is 4.63. The Morgan fingerprint density at radius 1 is 0.963 bits per heavy atom. The Bertz CT molecular complexity index is 903. The van der Waals surface area contributed by atoms with Gasteiger partial charge >= 0.3 is 0 Å². The Labute approximate surface area is 162 Å². The van der Waals surface area contributed by atoms with Crippen molar-refractivity contribution in [1.29, 1.82) is 0 Å². The molecule has 0 aliphatic heterocycles. The fraction of sp³-hybridized carbons (Fsp3) is 0.304. The van der Waals surface area contributed by atoms with Gasteiger partial charge in [-0.1, -0.05) is 48.9 Å². The normalized spacial score (nSPS) is 14.2. The standard InChI is InChI=1S/C23H22F2OS/c1-2-15-6-8-17(9-7-15)18-12-19(24)23(20(25)13-18)21-10-11-22(27-21)26-14-16-4-3-5-16/h6-13,16H,2-5,14H2,1H3. The molecule has 0 radical (unpaired) electrons. The van der Waals surface area contributed by atoms with Crippen LogP contribution in [0.1, 0.15) is 31.7 Å². The molecule has 1 aliphatic carbocycles. The van der Waals surface area contributed by atoms with E-state index in [-0.39, 0.29) is 5.56 Å². The summed E-state index contributed by atoms with van der Waals surface area (Å²) < 4.78 is 35.3. The highest BCUT2D eigenvalue weighted by atomic mass is 32.1. The number of hydrogen-bond donors (Lipinski definition) is 0. The van der Waals surface area contributed by atoms with Crippen molar-refractivity contribution in [3.63, 3.8) is 0 Å². The third-order valence-electron chi connectivity index (χ3n) is 5.25. The summed E-state index contributed by atoms with van der Waals surface area (Å²) in [7, 11) is 0. The molecule has 1 saturated carbocycles. The molecular weight excluding hydrogens is 362 g/mol. The smallest absolute Gasteiger partial charge is 0.174 e. The fourth-order valence-electron chi connectivity index (χ4n) is 3.30. The van der Waals surface area contributed by atoms with E-state index in [0.717, 1.165) is 17.0 Å². The number of benzene rings is 2. The first-order valence-electron chi connectivity index (χ1n) is 9.45. The molecule has 0 atom stereocenters. The maximum Gasteiger partial charge on any atom is 0.174 e. The molecule has 0 unspecified atom stereocenters. The van der Waals surface area contributed by atoms with Crippen LogP contribution in [0, 0.1) is 17.6 Å². The summed E-state index contributed by atoms with van der Waals surface area (Å²) in [5.74, 6) is -0.462. The molecule has 1 heterocycles. The predicted molar refractivity (Wildman–Crippen MR) is 107 cm³/mol. The average molecular weight is 384 g/mol. The number of halogens is 2. The molecule has 0 N–H and O–H groups in total. The van der Waals surface area contributed by atoms with Crippen molar-refractivity contribution in [3.8, 4) is 26.6 Å². The highest BCUT2D eigenvalue weighted by Crippen LogP contribution is 2.38. The fourth-order valence-corrected chi connectivity index (χ4v) is 4.21. The van der Waals surface area contributed by atoms with Crippen LogP contribution in [0.25, 0.3) is 21.6 Å². The lowest BCUT2D eigenvalue weighted by Gasteiger charge is -2.24. The van der Waals surface area contributed by atoms with E-state index in [0.29, 0.717) is 23.0 Å². The molecule has 4 rings (SSSR count). The Kier molecular flexibility index (Phi) is 5.26. The van der Waals surface area contributed by atoms with Crippen LogP contribution in [0.4, 0.5) is 8.78 Å². The van der Waals surface area contributed by atoms with Crippen molar-refractivity contribution in [2.45, 2.75) is 32.6 Å². The second kappa shape index (κ2) is 7.81. The Balaban J connectivity index is 1.57. The number of aryl methyl sites for hydroxylation is 1. The highest BCUT2D eigenvalue weighted by Gasteiger charge is 2.20. The van der Waals surface area contributed by atoms with Crippen LogP contribution in [0.2, 0.25) is 0 Å². The minimum absolute atomic E-state index is 0.0208. The maximum absolute atomic E-state index is 14.7. The first-order chi connectivity index (χ1) is 13.1. The monoisotopic (exact) mass is 384 g/mol. The summed E-state index contributed by atoms with van der Waals surface area (Å²) in [5, 5.41) is 0.718. The zero-order valence-corrected chi connectivity index (χ0v) is 16.1. The predicted octanol–water partition coefficient (Wildman–Crippen LogP) is 7.10. The van der Waals surface area contributed by atoms with Crippen molar-refractivity contribution in [2.75, 3.05) is 6.61 Å². The largest absolute Gasteiger partial charge is 0.484 e. The van der Waals surface area contributed by atoms with Gasteiger partial charge in [0.15, 0.2) is 5.06 Å². The molecule has 0 amide bonds. The zero-order valence-electron chi connectivity index (χ0n) is 15.3. The number of ether oxygens (including phenoxy) is 1. The van der Waals surface area contributed by atoms with Crippen LogP contribution in [-0.2, 0) is 6.42 Å². The molecular formula is C23H22F2OS. The van der Waals surface area contributed by atoms with Gasteiger partial charge in [-0.3, -0.25) is 0 Å². The first kappa shape index (κ1) is 18.2. The molecule has 1 aromatic heterocycles. The van der Waals surface area contributed by atoms with Gasteiger partial charge in [0.1, 0.15) is 11.6 Å². The van der Waals surface area contributed by atoms with Crippen molar-refractivity contribution in [3.05, 3.63) is 65.7 Å². The summed E-state index contributed by atoms with van der Waals surface area (Å²) in [5.41, 5.74) is 2.58.